The monoisotopic (exact) mass is 460 g/mol. The molecule has 11 heteroatoms. The second-order valence-electron chi connectivity index (χ2n) is 7.27. The normalized spacial score (nSPS) is 11.0. The minimum atomic E-state index is -0.512. The standard InChI is InChI=1S/C23H17FN6O4/c1-33-17-8-3-7-16(12-17)25-19(31)13-30-23(32)29-10-4-9-18(21(29)27-30)22-26-20(28-34-22)14-5-2-6-15(24)11-14/h2-12H,13H2,1H3,(H,25,31). The number of carbonyl (C=O) groups excluding carboxylic acids is 1. The van der Waals surface area contributed by atoms with Crippen LogP contribution in [-0.2, 0) is 11.3 Å². The zero-order valence-electron chi connectivity index (χ0n) is 17.8. The van der Waals surface area contributed by atoms with E-state index in [-0.39, 0.29) is 23.9 Å². The molecule has 1 amide bonds. The molecule has 3 heterocycles. The predicted molar refractivity (Wildman–Crippen MR) is 120 cm³/mol. The topological polar surface area (TPSA) is 117 Å². The first-order chi connectivity index (χ1) is 16.5. The van der Waals surface area contributed by atoms with Crippen LogP contribution in [0.3, 0.4) is 0 Å². The summed E-state index contributed by atoms with van der Waals surface area (Å²) in [4.78, 5) is 29.7. The van der Waals surface area contributed by atoms with Crippen molar-refractivity contribution >= 4 is 17.2 Å². The van der Waals surface area contributed by atoms with Crippen molar-refractivity contribution in [1.29, 1.82) is 0 Å². The Morgan fingerprint density at radius 2 is 2.00 bits per heavy atom. The predicted octanol–water partition coefficient (Wildman–Crippen LogP) is 3.00. The zero-order chi connectivity index (χ0) is 23.7. The van der Waals surface area contributed by atoms with Gasteiger partial charge < -0.3 is 14.6 Å². The molecule has 10 nitrogen and oxygen atoms in total. The fourth-order valence-corrected chi connectivity index (χ4v) is 3.42. The highest BCUT2D eigenvalue weighted by Gasteiger charge is 2.19. The van der Waals surface area contributed by atoms with E-state index in [0.717, 1.165) is 4.68 Å². The Bertz CT molecular complexity index is 1570. The van der Waals surface area contributed by atoms with Gasteiger partial charge in [0.15, 0.2) is 5.65 Å². The number of fused-ring (bicyclic) bond motifs is 1. The molecule has 0 fully saturated rings. The van der Waals surface area contributed by atoms with E-state index in [9.17, 15) is 14.0 Å². The highest BCUT2D eigenvalue weighted by molar-refractivity contribution is 5.90. The van der Waals surface area contributed by atoms with Crippen LogP contribution in [0.1, 0.15) is 0 Å². The van der Waals surface area contributed by atoms with E-state index in [1.807, 2.05) is 0 Å². The van der Waals surface area contributed by atoms with Crippen LogP contribution < -0.4 is 15.7 Å². The van der Waals surface area contributed by atoms with Crippen LogP contribution >= 0.6 is 0 Å². The van der Waals surface area contributed by atoms with Crippen LogP contribution in [0.25, 0.3) is 28.5 Å². The van der Waals surface area contributed by atoms with Crippen molar-refractivity contribution in [2.45, 2.75) is 6.54 Å². The average Bonchev–Trinajstić information content (AvgIpc) is 3.45. The van der Waals surface area contributed by atoms with Crippen molar-refractivity contribution in [2.75, 3.05) is 12.4 Å². The number of aromatic nitrogens is 5. The molecule has 0 spiro atoms. The fourth-order valence-electron chi connectivity index (χ4n) is 3.42. The number of carbonyl (C=O) groups is 1. The third-order valence-corrected chi connectivity index (χ3v) is 5.00. The molecule has 0 unspecified atom stereocenters. The summed E-state index contributed by atoms with van der Waals surface area (Å²) in [6, 6.07) is 15.9. The van der Waals surface area contributed by atoms with Crippen LogP contribution in [0.4, 0.5) is 10.1 Å². The van der Waals surface area contributed by atoms with Crippen LogP contribution in [0.2, 0.25) is 0 Å². The zero-order valence-corrected chi connectivity index (χ0v) is 17.8. The number of halogens is 1. The molecule has 34 heavy (non-hydrogen) atoms. The minimum Gasteiger partial charge on any atom is -0.497 e. The number of pyridine rings is 1. The Hall–Kier alpha value is -4.80. The first-order valence-electron chi connectivity index (χ1n) is 10.1. The molecule has 0 aliphatic heterocycles. The lowest BCUT2D eigenvalue weighted by Crippen LogP contribution is -2.28. The SMILES string of the molecule is COc1cccc(NC(=O)Cn2nc3c(-c4nc(-c5cccc(F)c5)no4)cccn3c2=O)c1. The van der Waals surface area contributed by atoms with Crippen molar-refractivity contribution < 1.29 is 18.4 Å². The van der Waals surface area contributed by atoms with E-state index in [2.05, 4.69) is 20.6 Å². The number of hydrogen-bond acceptors (Lipinski definition) is 7. The van der Waals surface area contributed by atoms with Gasteiger partial charge in [0.1, 0.15) is 18.1 Å². The molecule has 0 bridgehead atoms. The summed E-state index contributed by atoms with van der Waals surface area (Å²) >= 11 is 0. The summed E-state index contributed by atoms with van der Waals surface area (Å²) in [7, 11) is 1.53. The summed E-state index contributed by atoms with van der Waals surface area (Å²) in [5.41, 5.74) is 1.08. The smallest absolute Gasteiger partial charge is 0.350 e. The first kappa shape index (κ1) is 21.1. The van der Waals surface area contributed by atoms with E-state index < -0.39 is 17.4 Å². The number of amides is 1. The van der Waals surface area contributed by atoms with Crippen molar-refractivity contribution in [2.24, 2.45) is 0 Å². The van der Waals surface area contributed by atoms with Gasteiger partial charge in [-0.2, -0.15) is 4.98 Å². The molecule has 0 aliphatic rings. The molecule has 0 saturated heterocycles. The fraction of sp³-hybridized carbons (Fsp3) is 0.0870. The summed E-state index contributed by atoms with van der Waals surface area (Å²) in [6.45, 7) is -0.310. The second kappa shape index (κ2) is 8.62. The molecule has 1 N–H and O–H groups in total. The molecule has 0 radical (unpaired) electrons. The molecular weight excluding hydrogens is 443 g/mol. The molecule has 170 valence electrons. The third-order valence-electron chi connectivity index (χ3n) is 5.00. The van der Waals surface area contributed by atoms with E-state index in [1.165, 1.54) is 29.8 Å². The van der Waals surface area contributed by atoms with Gasteiger partial charge in [0.25, 0.3) is 5.89 Å². The van der Waals surface area contributed by atoms with E-state index in [4.69, 9.17) is 9.26 Å². The van der Waals surface area contributed by atoms with Gasteiger partial charge in [0.2, 0.25) is 11.7 Å². The molecule has 5 rings (SSSR count). The summed E-state index contributed by atoms with van der Waals surface area (Å²) in [6.07, 6.45) is 1.52. The van der Waals surface area contributed by atoms with Gasteiger partial charge in [-0.25, -0.2) is 18.3 Å². The number of nitrogens with zero attached hydrogens (tertiary/aromatic N) is 5. The minimum absolute atomic E-state index is 0.0999. The lowest BCUT2D eigenvalue weighted by molar-refractivity contribution is -0.117. The second-order valence-corrected chi connectivity index (χ2v) is 7.27. The third kappa shape index (κ3) is 4.01. The number of anilines is 1. The number of benzene rings is 2. The van der Waals surface area contributed by atoms with E-state index >= 15 is 0 Å². The van der Waals surface area contributed by atoms with Crippen LogP contribution in [0.5, 0.6) is 5.75 Å². The lowest BCUT2D eigenvalue weighted by atomic mass is 10.2. The Balaban J connectivity index is 1.44. The number of ether oxygens (including phenoxy) is 1. The maximum absolute atomic E-state index is 13.5. The first-order valence-corrected chi connectivity index (χ1v) is 10.1. The van der Waals surface area contributed by atoms with Gasteiger partial charge in [0, 0.05) is 23.5 Å². The number of hydrogen-bond donors (Lipinski definition) is 1. The highest BCUT2D eigenvalue weighted by Crippen LogP contribution is 2.25. The molecule has 3 aromatic heterocycles. The van der Waals surface area contributed by atoms with Gasteiger partial charge in [0.05, 0.1) is 12.7 Å². The van der Waals surface area contributed by atoms with Crippen LogP contribution in [-0.4, -0.2) is 37.3 Å². The molecule has 2 aromatic carbocycles. The van der Waals surface area contributed by atoms with Crippen molar-refractivity contribution in [3.63, 3.8) is 0 Å². The summed E-state index contributed by atoms with van der Waals surface area (Å²) < 4.78 is 26.3. The molecule has 0 aliphatic carbocycles. The Labute approximate surface area is 191 Å². The van der Waals surface area contributed by atoms with E-state index in [0.29, 0.717) is 22.6 Å². The van der Waals surface area contributed by atoms with Crippen LogP contribution in [0.15, 0.2) is 76.2 Å². The van der Waals surface area contributed by atoms with Gasteiger partial charge in [-0.1, -0.05) is 23.4 Å². The van der Waals surface area contributed by atoms with Crippen molar-refractivity contribution in [3.05, 3.63) is 83.2 Å². The van der Waals surface area contributed by atoms with Gasteiger partial charge in [-0.3, -0.25) is 4.79 Å². The lowest BCUT2D eigenvalue weighted by Gasteiger charge is -2.06. The molecule has 0 atom stereocenters. The molecular formula is C23H17FN6O4. The summed E-state index contributed by atoms with van der Waals surface area (Å²) in [5, 5.41) is 10.9. The molecule has 0 saturated carbocycles. The Morgan fingerprint density at radius 1 is 1.15 bits per heavy atom. The highest BCUT2D eigenvalue weighted by atomic mass is 19.1. The van der Waals surface area contributed by atoms with Gasteiger partial charge >= 0.3 is 5.69 Å². The largest absolute Gasteiger partial charge is 0.497 e. The van der Waals surface area contributed by atoms with E-state index in [1.54, 1.807) is 48.5 Å². The van der Waals surface area contributed by atoms with Crippen LogP contribution in [0, 0.1) is 5.82 Å². The Kier molecular flexibility index (Phi) is 5.34. The number of rotatable bonds is 6. The van der Waals surface area contributed by atoms with Gasteiger partial charge in [-0.15, -0.1) is 5.10 Å². The average molecular weight is 460 g/mol. The number of nitrogens with one attached hydrogen (secondary N) is 1. The maximum Gasteiger partial charge on any atom is 0.350 e. The Morgan fingerprint density at radius 3 is 2.82 bits per heavy atom. The summed E-state index contributed by atoms with van der Waals surface area (Å²) in [5.74, 6) is 0.0123. The number of methoxy groups -OCH3 is 1. The maximum atomic E-state index is 13.5. The molecule has 5 aromatic rings. The van der Waals surface area contributed by atoms with Gasteiger partial charge in [-0.05, 0) is 36.4 Å². The van der Waals surface area contributed by atoms with Crippen molar-refractivity contribution in [3.8, 4) is 28.6 Å². The quantitative estimate of drug-likeness (QED) is 0.414. The van der Waals surface area contributed by atoms with Crippen molar-refractivity contribution in [1.82, 2.24) is 24.3 Å².